The third kappa shape index (κ3) is 4.15. The van der Waals surface area contributed by atoms with Crippen LogP contribution < -0.4 is 5.32 Å². The summed E-state index contributed by atoms with van der Waals surface area (Å²) in [6.07, 6.45) is -4.38. The van der Waals surface area contributed by atoms with Crippen molar-refractivity contribution in [3.8, 4) is 0 Å². The van der Waals surface area contributed by atoms with E-state index in [4.69, 9.17) is 0 Å². The number of anilines is 1. The fourth-order valence-electron chi connectivity index (χ4n) is 1.80. The number of alkyl halides is 3. The summed E-state index contributed by atoms with van der Waals surface area (Å²) >= 11 is 0. The van der Waals surface area contributed by atoms with Gasteiger partial charge in [0.25, 0.3) is 5.91 Å². The summed E-state index contributed by atoms with van der Waals surface area (Å²) in [6, 6.07) is 4.80. The van der Waals surface area contributed by atoms with Gasteiger partial charge in [0.1, 0.15) is 6.54 Å². The molecule has 0 aliphatic heterocycles. The van der Waals surface area contributed by atoms with E-state index in [2.05, 4.69) is 5.32 Å². The summed E-state index contributed by atoms with van der Waals surface area (Å²) in [5.74, 6) is -0.606. The van der Waals surface area contributed by atoms with Gasteiger partial charge in [0.15, 0.2) is 0 Å². The van der Waals surface area contributed by atoms with Crippen molar-refractivity contribution in [2.75, 3.05) is 25.5 Å². The average Bonchev–Trinajstić information content (AvgIpc) is 2.34. The third-order valence-corrected chi connectivity index (χ3v) is 2.78. The van der Waals surface area contributed by atoms with Crippen LogP contribution in [0.25, 0.3) is 0 Å². The van der Waals surface area contributed by atoms with Gasteiger partial charge in [0.05, 0.1) is 0 Å². The quantitative estimate of drug-likeness (QED) is 0.915. The normalized spacial score (nSPS) is 11.3. The molecule has 1 N–H and O–H groups in total. The zero-order valence-corrected chi connectivity index (χ0v) is 11.1. The molecular formula is C13H17F3N2O. The smallest absolute Gasteiger partial charge is 0.388 e. The molecule has 1 rings (SSSR count). The lowest BCUT2D eigenvalue weighted by atomic mass is 10.1. The summed E-state index contributed by atoms with van der Waals surface area (Å²) in [6.45, 7) is 2.11. The number of rotatable bonds is 4. The van der Waals surface area contributed by atoms with E-state index in [1.165, 1.54) is 13.0 Å². The minimum Gasteiger partial charge on any atom is -0.388 e. The van der Waals surface area contributed by atoms with E-state index in [9.17, 15) is 18.0 Å². The van der Waals surface area contributed by atoms with E-state index in [-0.39, 0.29) is 12.1 Å². The van der Waals surface area contributed by atoms with Crippen LogP contribution in [0, 0.1) is 6.92 Å². The number of amides is 1. The summed E-state index contributed by atoms with van der Waals surface area (Å²) in [7, 11) is 1.74. The molecule has 1 amide bonds. The minimum atomic E-state index is -4.38. The molecule has 0 atom stereocenters. The molecule has 0 radical (unpaired) electrons. The van der Waals surface area contributed by atoms with E-state index in [1.54, 1.807) is 26.1 Å². The molecule has 0 spiro atoms. The number of carbonyl (C=O) groups is 1. The summed E-state index contributed by atoms with van der Waals surface area (Å²) in [5.41, 5.74) is 1.93. The number of halogens is 3. The molecule has 6 heteroatoms. The fraction of sp³-hybridized carbons (Fsp3) is 0.462. The molecule has 0 aliphatic rings. The van der Waals surface area contributed by atoms with Crippen LogP contribution in [0.15, 0.2) is 18.2 Å². The second kappa shape index (κ2) is 5.95. The number of nitrogens with zero attached hydrogens (tertiary/aromatic N) is 1. The highest BCUT2D eigenvalue weighted by Crippen LogP contribution is 2.20. The van der Waals surface area contributed by atoms with Crippen molar-refractivity contribution in [2.45, 2.75) is 20.0 Å². The molecule has 0 aliphatic carbocycles. The van der Waals surface area contributed by atoms with Gasteiger partial charge < -0.3 is 10.2 Å². The first-order chi connectivity index (χ1) is 8.78. The molecule has 0 unspecified atom stereocenters. The maximum Gasteiger partial charge on any atom is 0.406 e. The largest absolute Gasteiger partial charge is 0.406 e. The van der Waals surface area contributed by atoms with Crippen molar-refractivity contribution in [1.82, 2.24) is 4.90 Å². The average molecular weight is 274 g/mol. The van der Waals surface area contributed by atoms with Crippen LogP contribution in [-0.2, 0) is 0 Å². The second-order valence-corrected chi connectivity index (χ2v) is 4.21. The zero-order valence-electron chi connectivity index (χ0n) is 11.1. The van der Waals surface area contributed by atoms with Gasteiger partial charge in [-0.3, -0.25) is 4.79 Å². The Kier molecular flexibility index (Phi) is 4.80. The van der Waals surface area contributed by atoms with Crippen LogP contribution in [0.4, 0.5) is 18.9 Å². The number of hydrogen-bond acceptors (Lipinski definition) is 2. The van der Waals surface area contributed by atoms with E-state index in [0.29, 0.717) is 0 Å². The number of carbonyl (C=O) groups excluding carboxylic acids is 1. The van der Waals surface area contributed by atoms with Gasteiger partial charge in [-0.1, -0.05) is 0 Å². The van der Waals surface area contributed by atoms with Crippen molar-refractivity contribution in [2.24, 2.45) is 0 Å². The Morgan fingerprint density at radius 1 is 1.37 bits per heavy atom. The lowest BCUT2D eigenvalue weighted by Crippen LogP contribution is -2.38. The van der Waals surface area contributed by atoms with Gasteiger partial charge in [-0.2, -0.15) is 13.2 Å². The molecule has 1 aromatic rings. The van der Waals surface area contributed by atoms with Gasteiger partial charge in [-0.05, 0) is 37.6 Å². The maximum absolute atomic E-state index is 12.4. The topological polar surface area (TPSA) is 32.3 Å². The highest BCUT2D eigenvalue weighted by Gasteiger charge is 2.32. The summed E-state index contributed by atoms with van der Waals surface area (Å²) in [4.78, 5) is 12.8. The molecule has 0 heterocycles. The second-order valence-electron chi connectivity index (χ2n) is 4.21. The lowest BCUT2D eigenvalue weighted by Gasteiger charge is -2.22. The lowest BCUT2D eigenvalue weighted by molar-refractivity contribution is -0.140. The van der Waals surface area contributed by atoms with Gasteiger partial charge >= 0.3 is 6.18 Å². The molecule has 1 aromatic carbocycles. The Morgan fingerprint density at radius 2 is 2.00 bits per heavy atom. The molecule has 0 aromatic heterocycles. The number of aryl methyl sites for hydroxylation is 1. The summed E-state index contributed by atoms with van der Waals surface area (Å²) < 4.78 is 37.1. The Labute approximate surface area is 110 Å². The third-order valence-electron chi connectivity index (χ3n) is 2.78. The van der Waals surface area contributed by atoms with Crippen molar-refractivity contribution in [3.63, 3.8) is 0 Å². The first kappa shape index (κ1) is 15.3. The monoisotopic (exact) mass is 274 g/mol. The Bertz CT molecular complexity index is 458. The molecule has 0 bridgehead atoms. The predicted octanol–water partition coefficient (Wildman–Crippen LogP) is 3.06. The first-order valence-corrected chi connectivity index (χ1v) is 5.93. The minimum absolute atomic E-state index is 0.0190. The molecule has 0 fully saturated rings. The molecule has 19 heavy (non-hydrogen) atoms. The number of hydrogen-bond donors (Lipinski definition) is 1. The van der Waals surface area contributed by atoms with Gasteiger partial charge in [-0.25, -0.2) is 0 Å². The van der Waals surface area contributed by atoms with Gasteiger partial charge in [0.2, 0.25) is 0 Å². The SMILES string of the molecule is CCN(CC(F)(F)F)C(=O)c1ccc(NC)c(C)c1. The molecule has 0 saturated heterocycles. The van der Waals surface area contributed by atoms with Gasteiger partial charge in [-0.15, -0.1) is 0 Å². The molecular weight excluding hydrogens is 257 g/mol. The number of nitrogens with one attached hydrogen (secondary N) is 1. The van der Waals surface area contributed by atoms with Crippen molar-refractivity contribution < 1.29 is 18.0 Å². The molecule has 0 saturated carbocycles. The van der Waals surface area contributed by atoms with Crippen molar-refractivity contribution >= 4 is 11.6 Å². The van der Waals surface area contributed by atoms with Crippen LogP contribution in [0.2, 0.25) is 0 Å². The number of benzene rings is 1. The standard InChI is InChI=1S/C13H17F3N2O/c1-4-18(8-13(14,15)16)12(19)10-5-6-11(17-3)9(2)7-10/h5-7,17H,4,8H2,1-3H3. The zero-order chi connectivity index (χ0) is 14.6. The Morgan fingerprint density at radius 3 is 2.42 bits per heavy atom. The van der Waals surface area contributed by atoms with Crippen LogP contribution in [0.3, 0.4) is 0 Å². The van der Waals surface area contributed by atoms with E-state index >= 15 is 0 Å². The van der Waals surface area contributed by atoms with Crippen LogP contribution in [-0.4, -0.2) is 37.1 Å². The van der Waals surface area contributed by atoms with E-state index in [0.717, 1.165) is 16.2 Å². The van der Waals surface area contributed by atoms with Crippen molar-refractivity contribution in [3.05, 3.63) is 29.3 Å². The molecule has 106 valence electrons. The Balaban J connectivity index is 2.95. The van der Waals surface area contributed by atoms with Crippen molar-refractivity contribution in [1.29, 1.82) is 0 Å². The van der Waals surface area contributed by atoms with Crippen LogP contribution in [0.5, 0.6) is 0 Å². The fourth-order valence-corrected chi connectivity index (χ4v) is 1.80. The maximum atomic E-state index is 12.4. The van der Waals surface area contributed by atoms with Crippen LogP contribution >= 0.6 is 0 Å². The highest BCUT2D eigenvalue weighted by atomic mass is 19.4. The highest BCUT2D eigenvalue weighted by molar-refractivity contribution is 5.95. The van der Waals surface area contributed by atoms with E-state index < -0.39 is 18.6 Å². The van der Waals surface area contributed by atoms with Gasteiger partial charge in [0, 0.05) is 24.8 Å². The first-order valence-electron chi connectivity index (χ1n) is 5.93. The predicted molar refractivity (Wildman–Crippen MR) is 68.4 cm³/mol. The summed E-state index contributed by atoms with van der Waals surface area (Å²) in [5, 5.41) is 2.94. The van der Waals surface area contributed by atoms with Crippen LogP contribution in [0.1, 0.15) is 22.8 Å². The van der Waals surface area contributed by atoms with E-state index in [1.807, 2.05) is 0 Å². The molecule has 3 nitrogen and oxygen atoms in total. The Hall–Kier alpha value is -1.72.